The van der Waals surface area contributed by atoms with E-state index in [4.69, 9.17) is 10.5 Å². The molecule has 32 heavy (non-hydrogen) atoms. The van der Waals surface area contributed by atoms with E-state index in [2.05, 4.69) is 5.32 Å². The lowest BCUT2D eigenvalue weighted by molar-refractivity contribution is -0.137. The summed E-state index contributed by atoms with van der Waals surface area (Å²) in [6.45, 7) is 1.99. The number of hydrogen-bond donors (Lipinski definition) is 3. The van der Waals surface area contributed by atoms with Crippen LogP contribution in [-0.4, -0.2) is 54.1 Å². The molecule has 1 aliphatic heterocycles. The van der Waals surface area contributed by atoms with Gasteiger partial charge in [-0.15, -0.1) is 36.6 Å². The van der Waals surface area contributed by atoms with Gasteiger partial charge in [-0.05, 0) is 44.7 Å². The van der Waals surface area contributed by atoms with Gasteiger partial charge in [-0.1, -0.05) is 18.6 Å². The molecule has 2 atom stereocenters. The molecule has 0 fully saturated rings. The molecule has 4 N–H and O–H groups in total. The van der Waals surface area contributed by atoms with Gasteiger partial charge >= 0.3 is 5.97 Å². The van der Waals surface area contributed by atoms with Crippen molar-refractivity contribution in [3.8, 4) is 0 Å². The second-order valence-electron chi connectivity index (χ2n) is 6.99. The van der Waals surface area contributed by atoms with Crippen LogP contribution in [0, 0.1) is 0 Å². The molecule has 0 radical (unpaired) electrons. The Kier molecular flexibility index (Phi) is 15.1. The van der Waals surface area contributed by atoms with E-state index >= 15 is 0 Å². The third kappa shape index (κ3) is 9.40. The molecule has 1 aliphatic rings. The Labute approximate surface area is 205 Å². The van der Waals surface area contributed by atoms with Crippen molar-refractivity contribution in [2.75, 3.05) is 23.8 Å². The van der Waals surface area contributed by atoms with Crippen LogP contribution in [0.4, 0.5) is 5.69 Å². The van der Waals surface area contributed by atoms with Gasteiger partial charge in [0.1, 0.15) is 18.7 Å². The van der Waals surface area contributed by atoms with Gasteiger partial charge in [-0.2, -0.15) is 0 Å². The lowest BCUT2D eigenvalue weighted by Gasteiger charge is -2.27. The number of allylic oxidation sites excluding steroid dienone is 1. The first-order chi connectivity index (χ1) is 14.5. The second-order valence-corrected chi connectivity index (χ2v) is 8.05. The zero-order chi connectivity index (χ0) is 21.9. The van der Waals surface area contributed by atoms with Crippen molar-refractivity contribution in [3.63, 3.8) is 0 Å². The van der Waals surface area contributed by atoms with Crippen LogP contribution in [0.5, 0.6) is 0 Å². The first-order valence-corrected chi connectivity index (χ1v) is 11.1. The molecule has 1 aromatic carbocycles. The number of nitrogens with one attached hydrogen (secondary N) is 1. The molecule has 0 spiro atoms. The van der Waals surface area contributed by atoms with E-state index < -0.39 is 12.0 Å². The predicted molar refractivity (Wildman–Crippen MR) is 130 cm³/mol. The first kappa shape index (κ1) is 30.3. The van der Waals surface area contributed by atoms with E-state index in [9.17, 15) is 19.5 Å². The minimum absolute atomic E-state index is 0. The van der Waals surface area contributed by atoms with E-state index in [0.29, 0.717) is 30.9 Å². The average molecular weight is 508 g/mol. The van der Waals surface area contributed by atoms with Gasteiger partial charge in [0.05, 0.1) is 17.4 Å². The van der Waals surface area contributed by atoms with Gasteiger partial charge in [0.15, 0.2) is 0 Å². The Bertz CT molecular complexity index is 792. The number of carbonyl (C=O) groups excluding carboxylic acids is 2. The van der Waals surface area contributed by atoms with Crippen LogP contribution >= 0.6 is 36.6 Å². The average Bonchev–Trinajstić information content (AvgIpc) is 2.85. The molecule has 0 aliphatic carbocycles. The highest BCUT2D eigenvalue weighted by molar-refractivity contribution is 7.99. The molecule has 0 aromatic heterocycles. The zero-order valence-electron chi connectivity index (χ0n) is 18.0. The molecule has 0 saturated carbocycles. The summed E-state index contributed by atoms with van der Waals surface area (Å²) in [5.74, 6) is 0.843. The lowest BCUT2D eigenvalue weighted by Crippen LogP contribution is -2.52. The number of thioether (sulfide) groups is 1. The summed E-state index contributed by atoms with van der Waals surface area (Å²) in [4.78, 5) is 37.1. The van der Waals surface area contributed by atoms with Crippen molar-refractivity contribution in [2.45, 2.75) is 56.2 Å². The number of carbonyl (C=O) groups is 2. The number of ether oxygens (including phenoxy) is 1. The Hall–Kier alpha value is -1.74. The van der Waals surface area contributed by atoms with Gasteiger partial charge in [0, 0.05) is 17.3 Å². The molecule has 11 heteroatoms. The number of unbranched alkanes of at least 4 members (excludes halogenated alkanes) is 2. The molecule has 0 unspecified atom stereocenters. The highest BCUT2D eigenvalue weighted by atomic mass is 35.5. The Morgan fingerprint density at radius 2 is 2.06 bits per heavy atom. The van der Waals surface area contributed by atoms with Crippen LogP contribution < -0.4 is 16.0 Å². The van der Waals surface area contributed by atoms with Gasteiger partial charge in [-0.3, -0.25) is 19.8 Å². The normalized spacial score (nSPS) is 16.0. The summed E-state index contributed by atoms with van der Waals surface area (Å²) < 4.78 is 5.78. The Balaban J connectivity index is 0.00000480. The number of benzene rings is 1. The van der Waals surface area contributed by atoms with Gasteiger partial charge in [-0.25, -0.2) is 4.79 Å². The Morgan fingerprint density at radius 3 is 2.72 bits per heavy atom. The van der Waals surface area contributed by atoms with Crippen molar-refractivity contribution in [3.05, 3.63) is 30.0 Å². The second kappa shape index (κ2) is 16.0. The molecular weight excluding hydrogens is 477 g/mol. The molecule has 2 rings (SSSR count). The zero-order valence-corrected chi connectivity index (χ0v) is 20.4. The number of amides is 1. The topological polar surface area (TPSA) is 122 Å². The quantitative estimate of drug-likeness (QED) is 0.224. The largest absolute Gasteiger partial charge is 0.480 e. The Morgan fingerprint density at radius 1 is 1.34 bits per heavy atom. The van der Waals surface area contributed by atoms with Crippen LogP contribution in [0.15, 0.2) is 34.9 Å². The number of aliphatic carboxylic acids is 1. The number of carboxylic acid groups (broad SMARTS) is 1. The van der Waals surface area contributed by atoms with Crippen LogP contribution in [0.25, 0.3) is 0 Å². The summed E-state index contributed by atoms with van der Waals surface area (Å²) in [6, 6.07) is 6.77. The summed E-state index contributed by atoms with van der Waals surface area (Å²) >= 11 is 1.52. The predicted octanol–water partition coefficient (Wildman–Crippen LogP) is 3.00. The van der Waals surface area contributed by atoms with Gasteiger partial charge in [0.25, 0.3) is 0 Å². The van der Waals surface area contributed by atoms with Crippen molar-refractivity contribution in [2.24, 2.45) is 5.73 Å². The monoisotopic (exact) mass is 507 g/mol. The fourth-order valence-electron chi connectivity index (χ4n) is 3.28. The third-order valence-corrected chi connectivity index (χ3v) is 5.87. The summed E-state index contributed by atoms with van der Waals surface area (Å²) in [5.41, 5.74) is 6.32. The van der Waals surface area contributed by atoms with Gasteiger partial charge in [0.2, 0.25) is 5.91 Å². The summed E-state index contributed by atoms with van der Waals surface area (Å²) in [5, 5.41) is 12.6. The number of hydrogen-bond acceptors (Lipinski definition) is 7. The number of nitrogens with zero attached hydrogens (tertiary/aromatic N) is 1. The maximum atomic E-state index is 13.1. The van der Waals surface area contributed by atoms with E-state index in [-0.39, 0.29) is 49.2 Å². The molecule has 1 aromatic rings. The van der Waals surface area contributed by atoms with Crippen LogP contribution in [0.3, 0.4) is 0 Å². The highest BCUT2D eigenvalue weighted by Gasteiger charge is 2.33. The minimum atomic E-state index is -1.06. The maximum Gasteiger partial charge on any atom is 0.323 e. The van der Waals surface area contributed by atoms with Crippen molar-refractivity contribution in [1.29, 1.82) is 0 Å². The van der Waals surface area contributed by atoms with Crippen molar-refractivity contribution < 1.29 is 24.2 Å². The summed E-state index contributed by atoms with van der Waals surface area (Å²) in [6.07, 6.45) is 3.40. The highest BCUT2D eigenvalue weighted by Crippen LogP contribution is 2.34. The van der Waals surface area contributed by atoms with Crippen molar-refractivity contribution in [1.82, 2.24) is 5.32 Å². The van der Waals surface area contributed by atoms with Crippen LogP contribution in [0.1, 0.15) is 39.0 Å². The number of anilines is 1. The number of halogens is 2. The van der Waals surface area contributed by atoms with Crippen LogP contribution in [-0.2, 0) is 19.1 Å². The molecule has 0 saturated heterocycles. The number of carboxylic acids is 1. The lowest BCUT2D eigenvalue weighted by atomic mass is 10.1. The maximum absolute atomic E-state index is 13.1. The number of rotatable bonds is 12. The minimum Gasteiger partial charge on any atom is -0.480 e. The number of nitrogens with two attached hydrogens (primary N) is 1. The summed E-state index contributed by atoms with van der Waals surface area (Å²) in [7, 11) is 0. The van der Waals surface area contributed by atoms with E-state index in [1.165, 1.54) is 16.7 Å². The smallest absolute Gasteiger partial charge is 0.323 e. The molecular formula is C21H31Cl2N3O5S. The molecule has 8 nitrogen and oxygen atoms in total. The third-order valence-electron chi connectivity index (χ3n) is 4.72. The molecule has 180 valence electrons. The SMILES string of the molecule is CCO[C@H](CCCCCC(N)=C=O)N[C@H]1CSc2ccccc2N(CC(=O)O)C1=O.Cl.Cl. The van der Waals surface area contributed by atoms with Crippen LogP contribution in [0.2, 0.25) is 0 Å². The molecule has 0 bridgehead atoms. The number of para-hydroxylation sites is 1. The van der Waals surface area contributed by atoms with E-state index in [1.807, 2.05) is 19.1 Å². The standard InChI is InChI=1S/C21H29N3O5S.2ClH/c1-2-29-19(11-5-3-4-8-15(22)13-25)23-16-14-30-18-10-7-6-9-17(18)24(21(16)28)12-20(26)27;;/h6-7,9-10,16,19,23H,2-5,8,11-12,14,22H2,1H3,(H,26,27);2*1H/t16-,19+;;/m0../s1. The fraction of sp³-hybridized carbons (Fsp3) is 0.524. The fourth-order valence-corrected chi connectivity index (χ4v) is 4.37. The first-order valence-electron chi connectivity index (χ1n) is 10.1. The number of fused-ring (bicyclic) bond motifs is 1. The van der Waals surface area contributed by atoms with Gasteiger partial charge < -0.3 is 15.6 Å². The molecule has 1 amide bonds. The van der Waals surface area contributed by atoms with E-state index in [0.717, 1.165) is 24.2 Å². The molecule has 1 heterocycles. The van der Waals surface area contributed by atoms with E-state index in [1.54, 1.807) is 18.1 Å². The van der Waals surface area contributed by atoms with Crippen molar-refractivity contribution >= 4 is 60.1 Å².